The Hall–Kier alpha value is 0.0169. The van der Waals surface area contributed by atoms with Gasteiger partial charge in [-0.3, -0.25) is 0 Å². The number of hydrogen-bond acceptors (Lipinski definition) is 5. The van der Waals surface area contributed by atoms with E-state index in [0.29, 0.717) is 0 Å². The summed E-state index contributed by atoms with van der Waals surface area (Å²) in [4.78, 5) is 8.02. The minimum atomic E-state index is -2.27. The molecule has 0 aliphatic rings. The topological polar surface area (TPSA) is 28.2 Å². The van der Waals surface area contributed by atoms with E-state index in [1.54, 1.807) is 0 Å². The lowest BCUT2D eigenvalue weighted by atomic mass is 9.87. The molecule has 0 aliphatic heterocycles. The van der Waals surface area contributed by atoms with Crippen LogP contribution in [0.2, 0.25) is 12.6 Å². The first kappa shape index (κ1) is 31.0. The van der Waals surface area contributed by atoms with Crippen LogP contribution in [0.25, 0.3) is 0 Å². The highest BCUT2D eigenvalue weighted by Crippen LogP contribution is 2.35. The Bertz CT molecular complexity index is 379. The van der Waals surface area contributed by atoms with Gasteiger partial charge in [0.2, 0.25) is 0 Å². The second-order valence-electron chi connectivity index (χ2n) is 9.28. The summed E-state index contributed by atoms with van der Waals surface area (Å²) in [6.45, 7) is 32.1. The van der Waals surface area contributed by atoms with E-state index in [-0.39, 0.29) is 5.41 Å². The molecule has 0 radical (unpaired) electrons. The summed E-state index contributed by atoms with van der Waals surface area (Å²) >= 11 is 0. The Kier molecular flexibility index (Phi) is 17.5. The van der Waals surface area contributed by atoms with E-state index in [0.717, 1.165) is 58.5 Å². The van der Waals surface area contributed by atoms with Crippen molar-refractivity contribution in [2.75, 3.05) is 72.1 Å². The molecule has 6 heteroatoms. The summed E-state index contributed by atoms with van der Waals surface area (Å²) < 4.78 is 12.8. The molecular formula is C25H57N3O2Si. The lowest BCUT2D eigenvalue weighted by Gasteiger charge is -2.47. The van der Waals surface area contributed by atoms with E-state index >= 15 is 0 Å². The van der Waals surface area contributed by atoms with Gasteiger partial charge in [-0.2, -0.15) is 0 Å². The van der Waals surface area contributed by atoms with Crippen molar-refractivity contribution in [2.24, 2.45) is 5.41 Å². The van der Waals surface area contributed by atoms with Crippen molar-refractivity contribution >= 4 is 8.56 Å². The fraction of sp³-hybridized carbons (Fsp3) is 1.00. The molecule has 0 N–H and O–H groups in total. The van der Waals surface area contributed by atoms with Crippen molar-refractivity contribution in [3.05, 3.63) is 0 Å². The Labute approximate surface area is 197 Å². The number of hydrogen-bond donors (Lipinski definition) is 0. The predicted octanol–water partition coefficient (Wildman–Crippen LogP) is 5.31. The van der Waals surface area contributed by atoms with Crippen molar-refractivity contribution in [1.82, 2.24) is 14.7 Å². The Morgan fingerprint density at radius 3 is 1.13 bits per heavy atom. The quantitative estimate of drug-likeness (QED) is 0.217. The zero-order valence-electron chi connectivity index (χ0n) is 22.8. The SMILES string of the molecule is CCCN(CC)CC(CN(CC)CCC)(CN(CC)CCC)C[Si](C)(OCC)OCC. The van der Waals surface area contributed by atoms with Gasteiger partial charge in [0.05, 0.1) is 0 Å². The van der Waals surface area contributed by atoms with Crippen LogP contribution in [0.5, 0.6) is 0 Å². The van der Waals surface area contributed by atoms with Gasteiger partial charge >= 0.3 is 8.56 Å². The first-order valence-corrected chi connectivity index (χ1v) is 15.8. The highest BCUT2D eigenvalue weighted by Gasteiger charge is 2.45. The fourth-order valence-electron chi connectivity index (χ4n) is 5.17. The molecule has 0 aromatic carbocycles. The lowest BCUT2D eigenvalue weighted by molar-refractivity contribution is 0.0581. The Balaban J connectivity index is 6.25. The Morgan fingerprint density at radius 1 is 0.581 bits per heavy atom. The molecule has 0 rings (SSSR count). The number of nitrogens with zero attached hydrogens (tertiary/aromatic N) is 3. The first-order chi connectivity index (χ1) is 14.8. The van der Waals surface area contributed by atoms with Gasteiger partial charge < -0.3 is 23.6 Å². The third-order valence-electron chi connectivity index (χ3n) is 6.23. The molecular weight excluding hydrogens is 402 g/mol. The maximum Gasteiger partial charge on any atom is 0.335 e. The van der Waals surface area contributed by atoms with Crippen LogP contribution >= 0.6 is 0 Å². The van der Waals surface area contributed by atoms with E-state index in [1.165, 1.54) is 38.9 Å². The van der Waals surface area contributed by atoms with Crippen molar-refractivity contribution in [3.8, 4) is 0 Å². The van der Waals surface area contributed by atoms with Crippen molar-refractivity contribution in [2.45, 2.75) is 87.2 Å². The Morgan fingerprint density at radius 2 is 0.903 bits per heavy atom. The van der Waals surface area contributed by atoms with E-state index < -0.39 is 8.56 Å². The molecule has 31 heavy (non-hydrogen) atoms. The maximum absolute atomic E-state index is 6.41. The minimum absolute atomic E-state index is 0.146. The van der Waals surface area contributed by atoms with Crippen LogP contribution in [0.1, 0.15) is 74.7 Å². The van der Waals surface area contributed by atoms with Gasteiger partial charge in [-0.05, 0) is 78.9 Å². The van der Waals surface area contributed by atoms with Crippen LogP contribution in [0.15, 0.2) is 0 Å². The summed E-state index contributed by atoms with van der Waals surface area (Å²) in [6, 6.07) is 1.06. The van der Waals surface area contributed by atoms with E-state index in [9.17, 15) is 0 Å². The van der Waals surface area contributed by atoms with Crippen molar-refractivity contribution < 1.29 is 8.85 Å². The zero-order chi connectivity index (χ0) is 23.8. The molecule has 5 nitrogen and oxygen atoms in total. The van der Waals surface area contributed by atoms with Gasteiger partial charge in [-0.15, -0.1) is 0 Å². The second-order valence-corrected chi connectivity index (χ2v) is 12.5. The summed E-state index contributed by atoms with van der Waals surface area (Å²) in [5, 5.41) is 0. The molecule has 0 fully saturated rings. The summed E-state index contributed by atoms with van der Waals surface area (Å²) in [6.07, 6.45) is 3.61. The van der Waals surface area contributed by atoms with Crippen molar-refractivity contribution in [3.63, 3.8) is 0 Å². The average Bonchev–Trinajstić information content (AvgIpc) is 2.72. The summed E-state index contributed by atoms with van der Waals surface area (Å²) in [5.41, 5.74) is 0.146. The van der Waals surface area contributed by atoms with Crippen molar-refractivity contribution in [1.29, 1.82) is 0 Å². The van der Waals surface area contributed by atoms with Crippen LogP contribution in [0.3, 0.4) is 0 Å². The molecule has 0 aromatic rings. The van der Waals surface area contributed by atoms with E-state index in [1.807, 2.05) is 0 Å². The largest absolute Gasteiger partial charge is 0.395 e. The minimum Gasteiger partial charge on any atom is -0.395 e. The smallest absolute Gasteiger partial charge is 0.335 e. The van der Waals surface area contributed by atoms with Crippen LogP contribution in [0.4, 0.5) is 0 Å². The van der Waals surface area contributed by atoms with E-state index in [4.69, 9.17) is 8.85 Å². The van der Waals surface area contributed by atoms with Gasteiger partial charge in [0.15, 0.2) is 0 Å². The van der Waals surface area contributed by atoms with Gasteiger partial charge in [0.1, 0.15) is 0 Å². The van der Waals surface area contributed by atoms with Gasteiger partial charge in [0, 0.05) is 44.3 Å². The van der Waals surface area contributed by atoms with Crippen LogP contribution in [-0.4, -0.2) is 95.4 Å². The molecule has 0 atom stereocenters. The van der Waals surface area contributed by atoms with Gasteiger partial charge in [-0.25, -0.2) is 0 Å². The summed E-state index contributed by atoms with van der Waals surface area (Å²) in [5.74, 6) is 0. The third-order valence-corrected chi connectivity index (χ3v) is 9.42. The van der Waals surface area contributed by atoms with E-state index in [2.05, 4.69) is 76.6 Å². The standard InChI is InChI=1S/C25H57N3O2Si/c1-10-18-26(13-4)21-25(22-27(14-5)19-11-2,23-28(15-6)20-12-3)24-31(9,29-16-7)30-17-8/h10-24H2,1-9H3. The molecule has 0 unspecified atom stereocenters. The summed E-state index contributed by atoms with van der Waals surface area (Å²) in [7, 11) is -2.27. The molecule has 0 saturated carbocycles. The predicted molar refractivity (Wildman–Crippen MR) is 139 cm³/mol. The van der Waals surface area contributed by atoms with Crippen LogP contribution in [0, 0.1) is 5.41 Å². The molecule has 0 amide bonds. The number of rotatable bonds is 21. The second kappa shape index (κ2) is 17.5. The molecule has 0 saturated heterocycles. The normalized spacial score (nSPS) is 13.2. The van der Waals surface area contributed by atoms with Gasteiger partial charge in [0.25, 0.3) is 0 Å². The average molecular weight is 460 g/mol. The fourth-order valence-corrected chi connectivity index (χ4v) is 8.38. The highest BCUT2D eigenvalue weighted by atomic mass is 28.4. The van der Waals surface area contributed by atoms with Gasteiger partial charge in [-0.1, -0.05) is 41.5 Å². The molecule has 0 bridgehead atoms. The maximum atomic E-state index is 6.41. The highest BCUT2D eigenvalue weighted by molar-refractivity contribution is 6.66. The molecule has 0 spiro atoms. The van der Waals surface area contributed by atoms with Crippen LogP contribution < -0.4 is 0 Å². The molecule has 188 valence electrons. The monoisotopic (exact) mass is 459 g/mol. The molecule has 0 heterocycles. The van der Waals surface area contributed by atoms with Crippen LogP contribution in [-0.2, 0) is 8.85 Å². The third kappa shape index (κ3) is 12.2. The molecule has 0 aromatic heterocycles. The zero-order valence-corrected chi connectivity index (χ0v) is 23.8. The molecule has 0 aliphatic carbocycles. The first-order valence-electron chi connectivity index (χ1n) is 13.3. The lowest BCUT2D eigenvalue weighted by Crippen LogP contribution is -2.57.